The SMILES string of the molecule is NC(=O)C(O)(CCc1nc(-c2cc(-c3ccon3)n(Cc3ccccc3F)n2)ncc1F)C(F)(F)F. The van der Waals surface area contributed by atoms with Crippen LogP contribution < -0.4 is 5.73 Å². The number of nitrogens with two attached hydrogens (primary N) is 1. The lowest BCUT2D eigenvalue weighted by atomic mass is 9.95. The van der Waals surface area contributed by atoms with Gasteiger partial charge in [-0.1, -0.05) is 23.4 Å². The van der Waals surface area contributed by atoms with Gasteiger partial charge in [-0.05, 0) is 25.0 Å². The number of nitrogens with zero attached hydrogens (tertiary/aromatic N) is 5. The molecule has 1 amide bonds. The number of aromatic nitrogens is 5. The second kappa shape index (κ2) is 9.45. The summed E-state index contributed by atoms with van der Waals surface area (Å²) >= 11 is 0. The Morgan fingerprint density at radius 3 is 2.50 bits per heavy atom. The monoisotopic (exact) mass is 508 g/mol. The van der Waals surface area contributed by atoms with Gasteiger partial charge in [0.15, 0.2) is 11.6 Å². The molecule has 9 nitrogen and oxygen atoms in total. The van der Waals surface area contributed by atoms with Crippen LogP contribution in [0.3, 0.4) is 0 Å². The largest absolute Gasteiger partial charge is 0.426 e. The number of primary amides is 1. The smallest absolute Gasteiger partial charge is 0.373 e. The van der Waals surface area contributed by atoms with Crippen molar-refractivity contribution in [2.75, 3.05) is 0 Å². The average Bonchev–Trinajstić information content (AvgIpc) is 3.49. The molecule has 0 aliphatic carbocycles. The molecule has 0 radical (unpaired) electrons. The molecule has 4 aromatic rings. The molecule has 1 aromatic carbocycles. The zero-order valence-corrected chi connectivity index (χ0v) is 18.2. The molecule has 0 fully saturated rings. The van der Waals surface area contributed by atoms with Crippen LogP contribution in [0.15, 0.2) is 53.4 Å². The normalized spacial score (nSPS) is 13.5. The van der Waals surface area contributed by atoms with Crippen molar-refractivity contribution in [1.82, 2.24) is 24.9 Å². The highest BCUT2D eigenvalue weighted by atomic mass is 19.4. The molecular weight excluding hydrogens is 491 g/mol. The minimum atomic E-state index is -5.37. The average molecular weight is 508 g/mol. The van der Waals surface area contributed by atoms with E-state index < -0.39 is 47.9 Å². The number of alkyl halides is 3. The van der Waals surface area contributed by atoms with Gasteiger partial charge < -0.3 is 15.4 Å². The van der Waals surface area contributed by atoms with E-state index in [1.165, 1.54) is 35.2 Å². The topological polar surface area (TPSA) is 133 Å². The number of halogens is 5. The first-order chi connectivity index (χ1) is 17.0. The number of carbonyl (C=O) groups is 1. The fraction of sp³-hybridized carbons (Fsp3) is 0.227. The molecule has 36 heavy (non-hydrogen) atoms. The highest BCUT2D eigenvalue weighted by molar-refractivity contribution is 5.84. The van der Waals surface area contributed by atoms with E-state index >= 15 is 0 Å². The van der Waals surface area contributed by atoms with Crippen LogP contribution in [0.4, 0.5) is 22.0 Å². The lowest BCUT2D eigenvalue weighted by Crippen LogP contribution is -2.55. The number of hydrogen-bond donors (Lipinski definition) is 2. The molecule has 188 valence electrons. The molecule has 14 heteroatoms. The van der Waals surface area contributed by atoms with Crippen molar-refractivity contribution >= 4 is 5.91 Å². The van der Waals surface area contributed by atoms with Crippen LogP contribution in [-0.4, -0.2) is 47.7 Å². The van der Waals surface area contributed by atoms with E-state index in [9.17, 15) is 31.9 Å². The van der Waals surface area contributed by atoms with E-state index in [4.69, 9.17) is 10.3 Å². The molecule has 1 unspecified atom stereocenters. The van der Waals surface area contributed by atoms with Gasteiger partial charge >= 0.3 is 6.18 Å². The van der Waals surface area contributed by atoms with E-state index in [0.29, 0.717) is 17.0 Å². The van der Waals surface area contributed by atoms with Gasteiger partial charge in [-0.3, -0.25) is 9.48 Å². The summed E-state index contributed by atoms with van der Waals surface area (Å²) in [4.78, 5) is 19.0. The molecule has 4 rings (SSSR count). The first-order valence-corrected chi connectivity index (χ1v) is 10.3. The molecule has 1 atom stereocenters. The summed E-state index contributed by atoms with van der Waals surface area (Å²) in [7, 11) is 0. The Bertz CT molecular complexity index is 1390. The number of aryl methyl sites for hydroxylation is 1. The van der Waals surface area contributed by atoms with Crippen LogP contribution >= 0.6 is 0 Å². The van der Waals surface area contributed by atoms with Crippen molar-refractivity contribution in [3.05, 3.63) is 71.8 Å². The lowest BCUT2D eigenvalue weighted by molar-refractivity contribution is -0.252. The molecular formula is C22H17F5N6O3. The second-order valence-electron chi connectivity index (χ2n) is 7.76. The summed E-state index contributed by atoms with van der Waals surface area (Å²) in [5.74, 6) is -3.73. The number of hydrogen-bond acceptors (Lipinski definition) is 7. The van der Waals surface area contributed by atoms with Crippen molar-refractivity contribution in [3.63, 3.8) is 0 Å². The van der Waals surface area contributed by atoms with Crippen LogP contribution in [0.1, 0.15) is 17.7 Å². The Morgan fingerprint density at radius 1 is 1.11 bits per heavy atom. The van der Waals surface area contributed by atoms with Gasteiger partial charge in [-0.2, -0.15) is 18.3 Å². The molecule has 0 aliphatic rings. The fourth-order valence-corrected chi connectivity index (χ4v) is 3.39. The molecule has 0 aliphatic heterocycles. The Hall–Kier alpha value is -4.20. The molecule has 3 heterocycles. The molecule has 3 N–H and O–H groups in total. The third-order valence-corrected chi connectivity index (χ3v) is 5.40. The third kappa shape index (κ3) is 4.79. The van der Waals surface area contributed by atoms with Crippen molar-refractivity contribution < 1.29 is 36.4 Å². The molecule has 0 saturated heterocycles. The van der Waals surface area contributed by atoms with Crippen LogP contribution in [-0.2, 0) is 17.8 Å². The van der Waals surface area contributed by atoms with Gasteiger partial charge in [0, 0.05) is 11.6 Å². The Balaban J connectivity index is 1.69. The molecule has 0 saturated carbocycles. The Morgan fingerprint density at radius 2 is 1.86 bits per heavy atom. The predicted molar refractivity (Wildman–Crippen MR) is 113 cm³/mol. The van der Waals surface area contributed by atoms with E-state index in [1.54, 1.807) is 12.1 Å². The fourth-order valence-electron chi connectivity index (χ4n) is 3.39. The minimum Gasteiger partial charge on any atom is -0.373 e. The van der Waals surface area contributed by atoms with E-state index in [0.717, 1.165) is 6.20 Å². The highest BCUT2D eigenvalue weighted by Gasteiger charge is 2.58. The maximum Gasteiger partial charge on any atom is 0.426 e. The third-order valence-electron chi connectivity index (χ3n) is 5.40. The van der Waals surface area contributed by atoms with Gasteiger partial charge in [-0.15, -0.1) is 0 Å². The van der Waals surface area contributed by atoms with E-state index in [2.05, 4.69) is 20.2 Å². The van der Waals surface area contributed by atoms with Gasteiger partial charge in [0.05, 0.1) is 24.1 Å². The van der Waals surface area contributed by atoms with Gasteiger partial charge in [0.25, 0.3) is 5.91 Å². The summed E-state index contributed by atoms with van der Waals surface area (Å²) in [6.07, 6.45) is -5.39. The minimum absolute atomic E-state index is 0.0276. The van der Waals surface area contributed by atoms with Crippen LogP contribution in [0, 0.1) is 11.6 Å². The number of aliphatic hydroxyl groups is 1. The quantitative estimate of drug-likeness (QED) is 0.350. The van der Waals surface area contributed by atoms with Crippen LogP contribution in [0.5, 0.6) is 0 Å². The van der Waals surface area contributed by atoms with Gasteiger partial charge in [0.1, 0.15) is 23.5 Å². The van der Waals surface area contributed by atoms with Crippen LogP contribution in [0.2, 0.25) is 0 Å². The van der Waals surface area contributed by atoms with Gasteiger partial charge in [0.2, 0.25) is 5.60 Å². The summed E-state index contributed by atoms with van der Waals surface area (Å²) in [6.45, 7) is -0.0276. The zero-order chi connectivity index (χ0) is 26.1. The summed E-state index contributed by atoms with van der Waals surface area (Å²) in [5, 5.41) is 17.9. The highest BCUT2D eigenvalue weighted by Crippen LogP contribution is 2.34. The van der Waals surface area contributed by atoms with Crippen molar-refractivity contribution in [2.24, 2.45) is 5.73 Å². The standard InChI is InChI=1S/C22H17F5N6O3/c23-13-4-2-1-3-12(13)11-33-18(16-6-8-36-32-16)9-17(31-33)19-29-10-14(24)15(30-19)5-7-21(35,20(28)34)22(25,26)27/h1-4,6,8-10,35H,5,7,11H2,(H2,28,34). The van der Waals surface area contributed by atoms with E-state index in [-0.39, 0.29) is 18.1 Å². The summed E-state index contributed by atoms with van der Waals surface area (Å²) in [5.41, 5.74) is 1.44. The van der Waals surface area contributed by atoms with E-state index in [1.807, 2.05) is 0 Å². The Labute approximate surface area is 199 Å². The van der Waals surface area contributed by atoms with Crippen molar-refractivity contribution in [2.45, 2.75) is 31.2 Å². The zero-order valence-electron chi connectivity index (χ0n) is 18.2. The first kappa shape index (κ1) is 24.9. The number of rotatable bonds is 8. The van der Waals surface area contributed by atoms with Crippen LogP contribution in [0.25, 0.3) is 22.9 Å². The Kier molecular flexibility index (Phi) is 6.54. The second-order valence-corrected chi connectivity index (χ2v) is 7.76. The maximum atomic E-state index is 14.3. The summed E-state index contributed by atoms with van der Waals surface area (Å²) in [6, 6.07) is 8.98. The molecule has 3 aromatic heterocycles. The number of benzene rings is 1. The predicted octanol–water partition coefficient (Wildman–Crippen LogP) is 3.03. The maximum absolute atomic E-state index is 14.3. The lowest BCUT2D eigenvalue weighted by Gasteiger charge is -2.26. The molecule has 0 bridgehead atoms. The number of carbonyl (C=O) groups excluding carboxylic acids is 1. The van der Waals surface area contributed by atoms with Crippen molar-refractivity contribution in [1.29, 1.82) is 0 Å². The number of amides is 1. The van der Waals surface area contributed by atoms with Gasteiger partial charge in [-0.25, -0.2) is 18.7 Å². The first-order valence-electron chi connectivity index (χ1n) is 10.3. The summed E-state index contributed by atoms with van der Waals surface area (Å²) < 4.78 is 74.3. The van der Waals surface area contributed by atoms with Crippen molar-refractivity contribution in [3.8, 4) is 22.9 Å². The molecule has 0 spiro atoms.